The van der Waals surface area contributed by atoms with Crippen LogP contribution in [0.2, 0.25) is 0 Å². The number of carbonyl (C=O) groups excluding carboxylic acids is 2. The van der Waals surface area contributed by atoms with Crippen molar-refractivity contribution < 1.29 is 18.4 Å². The molecule has 2 atom stereocenters. The lowest BCUT2D eigenvalue weighted by atomic mass is 9.87. The van der Waals surface area contributed by atoms with Crippen LogP contribution in [0.15, 0.2) is 42.5 Å². The van der Waals surface area contributed by atoms with Crippen LogP contribution in [0.5, 0.6) is 0 Å². The van der Waals surface area contributed by atoms with Gasteiger partial charge in [0.1, 0.15) is 11.6 Å². The molecule has 2 heterocycles. The third-order valence-corrected chi connectivity index (χ3v) is 6.87. The quantitative estimate of drug-likeness (QED) is 0.732. The van der Waals surface area contributed by atoms with Gasteiger partial charge >= 0.3 is 6.03 Å². The number of hydrogen-bond donors (Lipinski definition) is 1. The van der Waals surface area contributed by atoms with Crippen molar-refractivity contribution in [2.75, 3.05) is 44.2 Å². The fraction of sp³-hybridized carbons (Fsp3) is 0.462. The Labute approximate surface area is 199 Å². The van der Waals surface area contributed by atoms with E-state index in [1.807, 2.05) is 22.8 Å². The van der Waals surface area contributed by atoms with E-state index in [0.29, 0.717) is 63.4 Å². The first-order valence-corrected chi connectivity index (χ1v) is 12.0. The van der Waals surface area contributed by atoms with Gasteiger partial charge in [-0.15, -0.1) is 0 Å². The number of likely N-dealkylation sites (tertiary alicyclic amines) is 1. The minimum Gasteiger partial charge on any atom is -0.366 e. The maximum Gasteiger partial charge on any atom is 0.317 e. The molecular weight excluding hydrogens is 438 g/mol. The number of anilines is 1. The molecule has 34 heavy (non-hydrogen) atoms. The molecule has 3 amide bonds. The smallest absolute Gasteiger partial charge is 0.317 e. The Hall–Kier alpha value is -3.16. The number of piperazine rings is 1. The second-order valence-electron chi connectivity index (χ2n) is 9.05. The Bertz CT molecular complexity index is 1040. The summed E-state index contributed by atoms with van der Waals surface area (Å²) in [6, 6.07) is 11.2. The molecule has 0 aliphatic carbocycles. The fourth-order valence-electron chi connectivity index (χ4n) is 5.01. The lowest BCUT2D eigenvalue weighted by Gasteiger charge is -2.42. The molecule has 4 rings (SSSR count). The highest BCUT2D eigenvalue weighted by atomic mass is 19.1. The van der Waals surface area contributed by atoms with Crippen molar-refractivity contribution in [3.05, 3.63) is 65.2 Å². The number of aryl methyl sites for hydroxylation is 1. The van der Waals surface area contributed by atoms with Crippen molar-refractivity contribution in [1.82, 2.24) is 15.1 Å². The van der Waals surface area contributed by atoms with Gasteiger partial charge in [-0.25, -0.2) is 13.6 Å². The number of amides is 3. The van der Waals surface area contributed by atoms with Gasteiger partial charge in [-0.05, 0) is 56.0 Å². The van der Waals surface area contributed by atoms with E-state index in [1.165, 1.54) is 12.1 Å². The summed E-state index contributed by atoms with van der Waals surface area (Å²) in [6.45, 7) is 6.55. The summed E-state index contributed by atoms with van der Waals surface area (Å²) in [4.78, 5) is 31.8. The van der Waals surface area contributed by atoms with Gasteiger partial charge in [0, 0.05) is 39.3 Å². The Morgan fingerprint density at radius 2 is 1.74 bits per heavy atom. The summed E-state index contributed by atoms with van der Waals surface area (Å²) < 4.78 is 27.9. The molecule has 6 nitrogen and oxygen atoms in total. The van der Waals surface area contributed by atoms with E-state index in [4.69, 9.17) is 0 Å². The third kappa shape index (κ3) is 5.00. The van der Waals surface area contributed by atoms with E-state index in [2.05, 4.69) is 5.32 Å². The summed E-state index contributed by atoms with van der Waals surface area (Å²) in [5.41, 5.74) is 1.99. The Morgan fingerprint density at radius 1 is 1.00 bits per heavy atom. The Kier molecular flexibility index (Phi) is 7.34. The first-order valence-electron chi connectivity index (χ1n) is 12.0. The number of rotatable bonds is 4. The monoisotopic (exact) mass is 470 g/mol. The van der Waals surface area contributed by atoms with E-state index in [0.717, 1.165) is 5.56 Å². The number of nitrogens with one attached hydrogen (secondary N) is 1. The van der Waals surface area contributed by atoms with Gasteiger partial charge in [-0.2, -0.15) is 0 Å². The standard InChI is InChI=1S/C26H32F2N4O2/c1-3-29-26(34)32-17-20(9-11-23(32)19-8-10-21(27)18(2)16-19)25(33)31-14-12-30(13-15-31)24-7-5-4-6-22(24)28/h4-8,10,16,20,23H,3,9,11-15,17H2,1-2H3,(H,29,34)/t20-,23-/m1/s1. The zero-order valence-electron chi connectivity index (χ0n) is 19.8. The molecule has 0 bridgehead atoms. The van der Waals surface area contributed by atoms with Crippen LogP contribution in [0.3, 0.4) is 0 Å². The molecule has 2 fully saturated rings. The highest BCUT2D eigenvalue weighted by Gasteiger charge is 2.38. The second kappa shape index (κ2) is 10.4. The molecule has 0 radical (unpaired) electrons. The van der Waals surface area contributed by atoms with Crippen LogP contribution in [0, 0.1) is 24.5 Å². The Morgan fingerprint density at radius 3 is 2.41 bits per heavy atom. The topological polar surface area (TPSA) is 55.9 Å². The van der Waals surface area contributed by atoms with Crippen LogP contribution in [0.25, 0.3) is 0 Å². The van der Waals surface area contributed by atoms with E-state index in [1.54, 1.807) is 36.1 Å². The van der Waals surface area contributed by atoms with Gasteiger partial charge in [0.2, 0.25) is 5.91 Å². The summed E-state index contributed by atoms with van der Waals surface area (Å²) in [6.07, 6.45) is 1.29. The lowest BCUT2D eigenvalue weighted by Crippen LogP contribution is -2.54. The molecule has 0 saturated carbocycles. The number of hydrogen-bond acceptors (Lipinski definition) is 3. The number of urea groups is 1. The molecule has 8 heteroatoms. The van der Waals surface area contributed by atoms with Gasteiger partial charge < -0.3 is 20.0 Å². The number of halogens is 2. The molecule has 2 aliphatic rings. The zero-order valence-corrected chi connectivity index (χ0v) is 19.8. The molecular formula is C26H32F2N4O2. The van der Waals surface area contributed by atoms with Gasteiger partial charge in [0.25, 0.3) is 0 Å². The molecule has 2 aliphatic heterocycles. The van der Waals surface area contributed by atoms with Crippen LogP contribution in [-0.2, 0) is 4.79 Å². The molecule has 0 spiro atoms. The zero-order chi connectivity index (χ0) is 24.2. The summed E-state index contributed by atoms with van der Waals surface area (Å²) in [7, 11) is 0. The van der Waals surface area contributed by atoms with Gasteiger partial charge in [0.15, 0.2) is 0 Å². The van der Waals surface area contributed by atoms with Crippen molar-refractivity contribution in [2.24, 2.45) is 5.92 Å². The van der Waals surface area contributed by atoms with Crippen molar-refractivity contribution in [3.8, 4) is 0 Å². The molecule has 182 valence electrons. The average molecular weight is 471 g/mol. The van der Waals surface area contributed by atoms with E-state index in [9.17, 15) is 18.4 Å². The SMILES string of the molecule is CCNC(=O)N1C[C@H](C(=O)N2CCN(c3ccccc3F)CC2)CC[C@@H]1c1ccc(F)c(C)c1. The average Bonchev–Trinajstić information content (AvgIpc) is 2.85. The molecule has 2 aromatic rings. The van der Waals surface area contributed by atoms with Gasteiger partial charge in [-0.3, -0.25) is 4.79 Å². The van der Waals surface area contributed by atoms with Crippen molar-refractivity contribution in [3.63, 3.8) is 0 Å². The number of para-hydroxylation sites is 1. The third-order valence-electron chi connectivity index (χ3n) is 6.87. The van der Waals surface area contributed by atoms with Crippen LogP contribution < -0.4 is 10.2 Å². The molecule has 1 N–H and O–H groups in total. The number of nitrogens with zero attached hydrogens (tertiary/aromatic N) is 3. The van der Waals surface area contributed by atoms with Crippen molar-refractivity contribution in [2.45, 2.75) is 32.7 Å². The minimum atomic E-state index is -0.291. The maximum atomic E-state index is 14.1. The molecule has 0 aromatic heterocycles. The van der Waals surface area contributed by atoms with Crippen molar-refractivity contribution >= 4 is 17.6 Å². The second-order valence-corrected chi connectivity index (χ2v) is 9.05. The predicted molar refractivity (Wildman–Crippen MR) is 128 cm³/mol. The lowest BCUT2D eigenvalue weighted by molar-refractivity contribution is -0.137. The van der Waals surface area contributed by atoms with E-state index < -0.39 is 0 Å². The number of carbonyl (C=O) groups is 2. The minimum absolute atomic E-state index is 0.0382. The molecule has 2 saturated heterocycles. The van der Waals surface area contributed by atoms with Crippen molar-refractivity contribution in [1.29, 1.82) is 0 Å². The molecule has 2 aromatic carbocycles. The Balaban J connectivity index is 1.43. The van der Waals surface area contributed by atoms with Crippen LogP contribution in [0.1, 0.15) is 36.9 Å². The van der Waals surface area contributed by atoms with E-state index in [-0.39, 0.29) is 35.5 Å². The number of benzene rings is 2. The summed E-state index contributed by atoms with van der Waals surface area (Å²) in [5, 5.41) is 2.86. The predicted octanol–water partition coefficient (Wildman–Crippen LogP) is 4.10. The first-order chi connectivity index (χ1) is 16.4. The largest absolute Gasteiger partial charge is 0.366 e. The highest BCUT2D eigenvalue weighted by molar-refractivity contribution is 5.81. The normalized spacial score (nSPS) is 20.9. The maximum absolute atomic E-state index is 14.1. The number of piperidine rings is 1. The summed E-state index contributed by atoms with van der Waals surface area (Å²) in [5.74, 6) is -0.780. The molecule has 0 unspecified atom stereocenters. The van der Waals surface area contributed by atoms with Crippen LogP contribution >= 0.6 is 0 Å². The van der Waals surface area contributed by atoms with Crippen LogP contribution in [0.4, 0.5) is 19.3 Å². The highest BCUT2D eigenvalue weighted by Crippen LogP contribution is 2.35. The van der Waals surface area contributed by atoms with E-state index >= 15 is 0 Å². The first kappa shape index (κ1) is 24.0. The van der Waals surface area contributed by atoms with Gasteiger partial charge in [-0.1, -0.05) is 24.3 Å². The van der Waals surface area contributed by atoms with Crippen LogP contribution in [-0.4, -0.2) is 61.0 Å². The fourth-order valence-corrected chi connectivity index (χ4v) is 5.01. The summed E-state index contributed by atoms with van der Waals surface area (Å²) >= 11 is 0. The van der Waals surface area contributed by atoms with Gasteiger partial charge in [0.05, 0.1) is 17.6 Å².